The van der Waals surface area contributed by atoms with Gasteiger partial charge in [0.25, 0.3) is 0 Å². The Morgan fingerprint density at radius 3 is 2.12 bits per heavy atom. The van der Waals surface area contributed by atoms with Gasteiger partial charge < -0.3 is 4.74 Å². The van der Waals surface area contributed by atoms with Gasteiger partial charge in [-0.15, -0.1) is 0 Å². The van der Waals surface area contributed by atoms with Crippen LogP contribution in [0.2, 0.25) is 0 Å². The molecule has 0 spiro atoms. The second-order valence-electron chi connectivity index (χ2n) is 2.97. The topological polar surface area (TPSA) is 52.6 Å². The van der Waals surface area contributed by atoms with Crippen LogP contribution in [0.5, 0.6) is 0 Å². The lowest BCUT2D eigenvalue weighted by Crippen LogP contribution is -2.27. The Kier molecular flexibility index (Phi) is 4.12. The third kappa shape index (κ3) is 3.42. The average molecular weight is 270 g/mol. The van der Waals surface area contributed by atoms with E-state index in [1.54, 1.807) is 6.07 Å². The minimum atomic E-state index is -5.68. The van der Waals surface area contributed by atoms with Gasteiger partial charge in [-0.1, -0.05) is 30.3 Å². The summed E-state index contributed by atoms with van der Waals surface area (Å²) in [7, 11) is -4.64. The fourth-order valence-electron chi connectivity index (χ4n) is 1.01. The summed E-state index contributed by atoms with van der Waals surface area (Å²) in [5.74, 6) is 0. The Balaban J connectivity index is 2.94. The van der Waals surface area contributed by atoms with E-state index in [4.69, 9.17) is 0 Å². The predicted octanol–water partition coefficient (Wildman–Crippen LogP) is 2.20. The number of hydrogen-bond donors (Lipinski definition) is 0. The number of benzene rings is 1. The second-order valence-corrected chi connectivity index (χ2v) is 4.54. The average Bonchev–Trinajstić information content (AvgIpc) is 2.25. The molecule has 0 heterocycles. The molecular weight excluding hydrogens is 261 g/mol. The number of ether oxygens (including phenoxy) is 1. The van der Waals surface area contributed by atoms with Gasteiger partial charge in [-0.2, -0.15) is 21.6 Å². The predicted molar refractivity (Wildman–Crippen MR) is 52.3 cm³/mol. The molecule has 0 saturated carbocycles. The molecule has 0 N–H and O–H groups in total. The van der Waals surface area contributed by atoms with Crippen molar-refractivity contribution in [1.82, 2.24) is 0 Å². The van der Waals surface area contributed by atoms with E-state index in [1.165, 1.54) is 24.3 Å². The van der Waals surface area contributed by atoms with E-state index >= 15 is 0 Å². The Bertz CT molecular complexity index is 455. The molecule has 1 unspecified atom stereocenters. The molecule has 0 aliphatic rings. The second kappa shape index (κ2) is 5.03. The fourth-order valence-corrected chi connectivity index (χ4v) is 1.54. The van der Waals surface area contributed by atoms with Crippen molar-refractivity contribution in [2.24, 2.45) is 0 Å². The molecule has 17 heavy (non-hydrogen) atoms. The molecule has 1 aromatic carbocycles. The summed E-state index contributed by atoms with van der Waals surface area (Å²) in [6.45, 7) is 0. The first kappa shape index (κ1) is 13.9. The van der Waals surface area contributed by atoms with Crippen LogP contribution in [0.3, 0.4) is 0 Å². The van der Waals surface area contributed by atoms with Gasteiger partial charge in [-0.05, 0) is 0 Å². The lowest BCUT2D eigenvalue weighted by Gasteiger charge is -2.17. The zero-order valence-electron chi connectivity index (χ0n) is 8.64. The van der Waals surface area contributed by atoms with Gasteiger partial charge in [0.05, 0.1) is 0 Å². The summed E-state index contributed by atoms with van der Waals surface area (Å²) in [5, 5.41) is 0. The zero-order chi connectivity index (χ0) is 13.1. The molecule has 0 aromatic heterocycles. The van der Waals surface area contributed by atoms with Crippen LogP contribution in [0, 0.1) is 0 Å². The van der Waals surface area contributed by atoms with Crippen molar-refractivity contribution in [3.8, 4) is 0 Å². The number of halogens is 3. The Morgan fingerprint density at radius 2 is 1.71 bits per heavy atom. The van der Waals surface area contributed by atoms with Crippen LogP contribution < -0.4 is 0 Å². The van der Waals surface area contributed by atoms with Crippen LogP contribution >= 0.6 is 0 Å². The van der Waals surface area contributed by atoms with Crippen molar-refractivity contribution in [2.45, 2.75) is 11.8 Å². The Morgan fingerprint density at radius 1 is 1.18 bits per heavy atom. The van der Waals surface area contributed by atoms with Gasteiger partial charge in [0.1, 0.15) is 0 Å². The third-order valence-corrected chi connectivity index (χ3v) is 2.78. The highest BCUT2D eigenvalue weighted by atomic mass is 32.2. The SMILES string of the molecule is COC(OS(=O)(=O)C(F)(F)F)c1ccccc1. The first-order valence-electron chi connectivity index (χ1n) is 4.35. The largest absolute Gasteiger partial charge is 0.523 e. The first-order valence-corrected chi connectivity index (χ1v) is 5.76. The van der Waals surface area contributed by atoms with Crippen LogP contribution in [0.1, 0.15) is 11.9 Å². The molecule has 0 saturated heterocycles. The highest BCUT2D eigenvalue weighted by Crippen LogP contribution is 2.30. The molecule has 96 valence electrons. The van der Waals surface area contributed by atoms with Gasteiger partial charge in [-0.3, -0.25) is 0 Å². The number of alkyl halides is 3. The summed E-state index contributed by atoms with van der Waals surface area (Å²) in [6, 6.07) is 7.43. The molecule has 0 aliphatic carbocycles. The van der Waals surface area contributed by atoms with E-state index in [2.05, 4.69) is 8.92 Å². The summed E-state index contributed by atoms with van der Waals surface area (Å²) >= 11 is 0. The fraction of sp³-hybridized carbons (Fsp3) is 0.333. The van der Waals surface area contributed by atoms with Crippen molar-refractivity contribution in [3.63, 3.8) is 0 Å². The third-order valence-electron chi connectivity index (χ3n) is 1.78. The summed E-state index contributed by atoms with van der Waals surface area (Å²) in [4.78, 5) is 0. The van der Waals surface area contributed by atoms with E-state index in [1.807, 2.05) is 0 Å². The van der Waals surface area contributed by atoms with Crippen molar-refractivity contribution in [3.05, 3.63) is 35.9 Å². The molecule has 0 fully saturated rings. The van der Waals surface area contributed by atoms with Crippen molar-refractivity contribution in [2.75, 3.05) is 7.11 Å². The molecule has 4 nitrogen and oxygen atoms in total. The van der Waals surface area contributed by atoms with Gasteiger partial charge >= 0.3 is 15.6 Å². The summed E-state index contributed by atoms with van der Waals surface area (Å²) in [6.07, 6.45) is -1.62. The van der Waals surface area contributed by atoms with Gasteiger partial charge in [0.15, 0.2) is 0 Å². The molecular formula is C9H9F3O4S. The normalized spacial score (nSPS) is 14.6. The molecule has 0 amide bonds. The standard InChI is InChI=1S/C9H9F3O4S/c1-15-8(7-5-3-2-4-6-7)16-17(13,14)9(10,11)12/h2-6,8H,1H3. The molecule has 0 radical (unpaired) electrons. The van der Waals surface area contributed by atoms with Crippen molar-refractivity contribution < 1.29 is 30.5 Å². The maximum absolute atomic E-state index is 12.1. The molecule has 1 atom stereocenters. The Labute approximate surface area is 96.1 Å². The maximum atomic E-state index is 12.1. The zero-order valence-corrected chi connectivity index (χ0v) is 9.46. The minimum absolute atomic E-state index is 0.169. The first-order chi connectivity index (χ1) is 7.78. The highest BCUT2D eigenvalue weighted by Gasteiger charge is 2.49. The van der Waals surface area contributed by atoms with E-state index in [0.717, 1.165) is 7.11 Å². The smallest absolute Gasteiger partial charge is 0.351 e. The van der Waals surface area contributed by atoms with Crippen LogP contribution in [0.15, 0.2) is 30.3 Å². The molecule has 0 aliphatic heterocycles. The number of methoxy groups -OCH3 is 1. The van der Waals surface area contributed by atoms with Crippen LogP contribution in [-0.4, -0.2) is 21.0 Å². The minimum Gasteiger partial charge on any atom is -0.351 e. The Hall–Kier alpha value is -1.12. The van der Waals surface area contributed by atoms with Crippen LogP contribution in [-0.2, 0) is 19.0 Å². The molecule has 0 bridgehead atoms. The lowest BCUT2D eigenvalue weighted by atomic mass is 10.2. The highest BCUT2D eigenvalue weighted by molar-refractivity contribution is 7.87. The van der Waals surface area contributed by atoms with Crippen LogP contribution in [0.25, 0.3) is 0 Å². The number of rotatable bonds is 4. The molecule has 8 heteroatoms. The summed E-state index contributed by atoms with van der Waals surface area (Å²) < 4.78 is 66.3. The molecule has 1 rings (SSSR count). The molecule has 1 aromatic rings. The lowest BCUT2D eigenvalue weighted by molar-refractivity contribution is -0.0920. The quantitative estimate of drug-likeness (QED) is 0.478. The summed E-state index contributed by atoms with van der Waals surface area (Å²) in [5.41, 5.74) is -5.30. The van der Waals surface area contributed by atoms with Gasteiger partial charge in [-0.25, -0.2) is 4.18 Å². The van der Waals surface area contributed by atoms with E-state index in [9.17, 15) is 21.6 Å². The monoisotopic (exact) mass is 270 g/mol. The van der Waals surface area contributed by atoms with E-state index < -0.39 is 21.9 Å². The number of hydrogen-bond acceptors (Lipinski definition) is 4. The maximum Gasteiger partial charge on any atom is 0.523 e. The van der Waals surface area contributed by atoms with Crippen LogP contribution in [0.4, 0.5) is 13.2 Å². The van der Waals surface area contributed by atoms with Gasteiger partial charge in [0, 0.05) is 12.7 Å². The van der Waals surface area contributed by atoms with E-state index in [0.29, 0.717) is 0 Å². The van der Waals surface area contributed by atoms with Crippen molar-refractivity contribution >= 4 is 10.1 Å². The van der Waals surface area contributed by atoms with E-state index in [-0.39, 0.29) is 5.56 Å². The van der Waals surface area contributed by atoms with Crippen molar-refractivity contribution in [1.29, 1.82) is 0 Å². The van der Waals surface area contributed by atoms with Gasteiger partial charge in [0.2, 0.25) is 6.29 Å².